The summed E-state index contributed by atoms with van der Waals surface area (Å²) in [6.07, 6.45) is 16.3. The van der Waals surface area contributed by atoms with Crippen LogP contribution in [0.1, 0.15) is 121 Å². The summed E-state index contributed by atoms with van der Waals surface area (Å²) in [6, 6.07) is 21.8. The number of aliphatic imine (C=N–C) groups is 1. The fraction of sp³-hybridized carbons (Fsp3) is 0.682. The summed E-state index contributed by atoms with van der Waals surface area (Å²) < 4.78 is 0. The van der Waals surface area contributed by atoms with Gasteiger partial charge >= 0.3 is 0 Å². The third kappa shape index (κ3) is 9.88. The van der Waals surface area contributed by atoms with Gasteiger partial charge in [0.1, 0.15) is 0 Å². The molecule has 3 aliphatic heterocycles. The molecule has 7 heteroatoms. The largest absolute Gasteiger partial charge is 0.370 e. The van der Waals surface area contributed by atoms with Gasteiger partial charge in [0.15, 0.2) is 11.9 Å². The van der Waals surface area contributed by atoms with Crippen molar-refractivity contribution in [1.29, 1.82) is 5.41 Å². The van der Waals surface area contributed by atoms with Gasteiger partial charge in [-0.1, -0.05) is 127 Å². The van der Waals surface area contributed by atoms with Gasteiger partial charge in [0.25, 0.3) is 0 Å². The van der Waals surface area contributed by atoms with Crippen LogP contribution in [-0.2, 0) is 12.8 Å². The zero-order chi connectivity index (χ0) is 35.7. The van der Waals surface area contributed by atoms with Gasteiger partial charge in [0, 0.05) is 44.3 Å². The number of nitrogens with two attached hydrogens (primary N) is 1. The SMILES string of the molecule is CCCC[C@@H]1CN([C@H](CC2CCCCC2)CN2CCCC2CN2C(N)=NC[C@@H]2Cc2ccccc2)C(=N)N1CC(C)c1ccc(CC(C)C)cc1. The zero-order valence-corrected chi connectivity index (χ0v) is 32.5. The second-order valence-electron chi connectivity index (χ2n) is 17.0. The lowest BCUT2D eigenvalue weighted by molar-refractivity contribution is 0.138. The van der Waals surface area contributed by atoms with Crippen LogP contribution < -0.4 is 5.73 Å². The molecule has 3 heterocycles. The Morgan fingerprint density at radius 1 is 0.843 bits per heavy atom. The van der Waals surface area contributed by atoms with Crippen molar-refractivity contribution in [2.24, 2.45) is 22.6 Å². The Labute approximate surface area is 310 Å². The van der Waals surface area contributed by atoms with E-state index in [0.29, 0.717) is 36.0 Å². The molecule has 0 spiro atoms. The van der Waals surface area contributed by atoms with Gasteiger partial charge in [0.2, 0.25) is 0 Å². The number of nitrogens with zero attached hydrogens (tertiary/aromatic N) is 5. The Kier molecular flexibility index (Phi) is 13.4. The lowest BCUT2D eigenvalue weighted by Crippen LogP contribution is -2.52. The summed E-state index contributed by atoms with van der Waals surface area (Å²) in [5, 5.41) is 9.80. The van der Waals surface area contributed by atoms with E-state index in [1.807, 2.05) is 0 Å². The third-order valence-corrected chi connectivity index (χ3v) is 12.6. The third-order valence-electron chi connectivity index (χ3n) is 12.6. The standard InChI is InChI=1S/C44H69N7/c1-5-6-18-40-32-51(44(46)50(40)29-34(4)38-22-20-37(21-23-38)25-33(2)3)42(27-36-16-11-8-12-17-36)30-48-24-13-19-39(48)31-49-41(28-47-43(49)45)26-35-14-9-7-10-15-35/h7,9-10,14-15,20-23,33-34,36,39-42,46H,5-6,8,11-13,16-19,24-32H2,1-4H3,(H2,45,47)/t34?,39?,40-,41+,42-/m1/s1. The maximum atomic E-state index is 9.80. The molecule has 51 heavy (non-hydrogen) atoms. The molecule has 7 nitrogen and oxygen atoms in total. The quantitative estimate of drug-likeness (QED) is 0.175. The number of likely N-dealkylation sites (tertiary alicyclic amines) is 1. The normalized spacial score (nSPS) is 24.6. The molecule has 0 bridgehead atoms. The van der Waals surface area contributed by atoms with E-state index in [9.17, 15) is 5.41 Å². The number of benzene rings is 2. The van der Waals surface area contributed by atoms with Crippen LogP contribution in [-0.4, -0.2) is 95.0 Å². The first-order valence-electron chi connectivity index (χ1n) is 20.8. The van der Waals surface area contributed by atoms with Crippen LogP contribution in [0.3, 0.4) is 0 Å². The molecule has 3 N–H and O–H groups in total. The van der Waals surface area contributed by atoms with Crippen molar-refractivity contribution in [3.8, 4) is 0 Å². The van der Waals surface area contributed by atoms with Crippen molar-refractivity contribution in [3.63, 3.8) is 0 Å². The Morgan fingerprint density at radius 3 is 2.33 bits per heavy atom. The predicted molar refractivity (Wildman–Crippen MR) is 215 cm³/mol. The van der Waals surface area contributed by atoms with Crippen molar-refractivity contribution < 1.29 is 0 Å². The van der Waals surface area contributed by atoms with E-state index >= 15 is 0 Å². The maximum Gasteiger partial charge on any atom is 0.194 e. The maximum absolute atomic E-state index is 9.80. The molecule has 1 aliphatic carbocycles. The highest BCUT2D eigenvalue weighted by molar-refractivity contribution is 5.80. The molecule has 2 unspecified atom stereocenters. The average molecular weight is 696 g/mol. The van der Waals surface area contributed by atoms with E-state index in [-0.39, 0.29) is 0 Å². The fourth-order valence-corrected chi connectivity index (χ4v) is 9.68. The van der Waals surface area contributed by atoms with Crippen LogP contribution in [0.25, 0.3) is 0 Å². The summed E-state index contributed by atoms with van der Waals surface area (Å²) in [7, 11) is 0. The van der Waals surface area contributed by atoms with Gasteiger partial charge in [-0.3, -0.25) is 15.3 Å². The van der Waals surface area contributed by atoms with Crippen molar-refractivity contribution >= 4 is 11.9 Å². The van der Waals surface area contributed by atoms with E-state index < -0.39 is 0 Å². The average Bonchev–Trinajstić information content (AvgIpc) is 3.81. The second-order valence-corrected chi connectivity index (χ2v) is 17.0. The summed E-state index contributed by atoms with van der Waals surface area (Å²) in [6.45, 7) is 15.1. The minimum absolute atomic E-state index is 0.334. The van der Waals surface area contributed by atoms with Crippen molar-refractivity contribution in [2.45, 2.75) is 141 Å². The lowest BCUT2D eigenvalue weighted by atomic mass is 9.84. The van der Waals surface area contributed by atoms with E-state index in [0.717, 1.165) is 69.9 Å². The minimum Gasteiger partial charge on any atom is -0.370 e. The number of unbranched alkanes of at least 4 members (excludes halogenated alkanes) is 1. The summed E-state index contributed by atoms with van der Waals surface area (Å²) in [4.78, 5) is 15.0. The Bertz CT molecular complexity index is 1380. The molecule has 1 saturated carbocycles. The molecule has 5 atom stereocenters. The van der Waals surface area contributed by atoms with Crippen LogP contribution in [0.5, 0.6) is 0 Å². The zero-order valence-electron chi connectivity index (χ0n) is 32.5. The lowest BCUT2D eigenvalue weighted by Gasteiger charge is -2.39. The molecule has 3 fully saturated rings. The van der Waals surface area contributed by atoms with Gasteiger partial charge in [-0.05, 0) is 79.5 Å². The van der Waals surface area contributed by atoms with Gasteiger partial charge in [-0.25, -0.2) is 0 Å². The molecule has 0 aromatic heterocycles. The van der Waals surface area contributed by atoms with Crippen LogP contribution in [0.4, 0.5) is 0 Å². The van der Waals surface area contributed by atoms with Gasteiger partial charge in [-0.2, -0.15) is 0 Å². The molecule has 6 rings (SSSR count). The summed E-state index contributed by atoms with van der Waals surface area (Å²) >= 11 is 0. The predicted octanol–water partition coefficient (Wildman–Crippen LogP) is 8.14. The van der Waals surface area contributed by atoms with Crippen LogP contribution in [0.2, 0.25) is 0 Å². The smallest absolute Gasteiger partial charge is 0.194 e. The second kappa shape index (κ2) is 18.1. The minimum atomic E-state index is 0.334. The first-order valence-corrected chi connectivity index (χ1v) is 20.8. The van der Waals surface area contributed by atoms with Crippen LogP contribution in [0, 0.1) is 17.2 Å². The van der Waals surface area contributed by atoms with Crippen molar-refractivity contribution in [3.05, 3.63) is 71.3 Å². The van der Waals surface area contributed by atoms with E-state index in [2.05, 4.69) is 102 Å². The molecule has 0 radical (unpaired) electrons. The number of nitrogens with one attached hydrogen (secondary N) is 1. The van der Waals surface area contributed by atoms with E-state index in [4.69, 9.17) is 10.7 Å². The molecular formula is C44H69N7. The number of rotatable bonds is 17. The number of hydrogen-bond donors (Lipinski definition) is 2. The van der Waals surface area contributed by atoms with Crippen molar-refractivity contribution in [2.75, 3.05) is 39.3 Å². The molecule has 2 aromatic rings. The Balaban J connectivity index is 1.17. The first-order chi connectivity index (χ1) is 24.8. The van der Waals surface area contributed by atoms with Gasteiger partial charge in [0.05, 0.1) is 12.6 Å². The topological polar surface area (TPSA) is 75.2 Å². The molecule has 4 aliphatic rings. The number of hydrogen-bond acceptors (Lipinski definition) is 5. The first kappa shape index (κ1) is 37.7. The van der Waals surface area contributed by atoms with Gasteiger partial charge < -0.3 is 20.4 Å². The Morgan fingerprint density at radius 2 is 1.61 bits per heavy atom. The fourth-order valence-electron chi connectivity index (χ4n) is 9.68. The van der Waals surface area contributed by atoms with Gasteiger partial charge in [-0.15, -0.1) is 0 Å². The highest BCUT2D eigenvalue weighted by atomic mass is 15.5. The molecule has 2 aromatic carbocycles. The van der Waals surface area contributed by atoms with Crippen molar-refractivity contribution in [1.82, 2.24) is 19.6 Å². The molecule has 2 saturated heterocycles. The monoisotopic (exact) mass is 696 g/mol. The highest BCUT2D eigenvalue weighted by Gasteiger charge is 2.41. The highest BCUT2D eigenvalue weighted by Crippen LogP contribution is 2.34. The van der Waals surface area contributed by atoms with E-state index in [1.54, 1.807) is 0 Å². The molecular weight excluding hydrogens is 627 g/mol. The summed E-state index contributed by atoms with van der Waals surface area (Å²) in [5.74, 6) is 3.35. The number of guanidine groups is 2. The van der Waals surface area contributed by atoms with Crippen LogP contribution >= 0.6 is 0 Å². The van der Waals surface area contributed by atoms with E-state index in [1.165, 1.54) is 87.3 Å². The molecule has 0 amide bonds. The summed E-state index contributed by atoms with van der Waals surface area (Å²) in [5.41, 5.74) is 10.8. The Hall–Kier alpha value is -3.06. The molecule has 280 valence electrons. The van der Waals surface area contributed by atoms with Crippen LogP contribution in [0.15, 0.2) is 59.6 Å².